The number of esters is 3. The first kappa shape index (κ1) is 22.1. The van der Waals surface area contributed by atoms with Crippen LogP contribution in [-0.2, 0) is 23.8 Å². The Balaban J connectivity index is 0.000000504. The van der Waals surface area contributed by atoms with Crippen LogP contribution >= 0.6 is 0 Å². The van der Waals surface area contributed by atoms with Gasteiger partial charge in [0.1, 0.15) is 5.60 Å². The van der Waals surface area contributed by atoms with Gasteiger partial charge in [0.25, 0.3) is 0 Å². The van der Waals surface area contributed by atoms with Crippen molar-refractivity contribution in [3.05, 3.63) is 54.1 Å². The first-order valence-corrected chi connectivity index (χ1v) is 7.42. The number of methoxy groups -OCH3 is 2. The molecule has 25 heavy (non-hydrogen) atoms. The maximum atomic E-state index is 11.6. The summed E-state index contributed by atoms with van der Waals surface area (Å²) in [5, 5.41) is 0. The Hall–Kier alpha value is -2.89. The van der Waals surface area contributed by atoms with Crippen molar-refractivity contribution in [2.45, 2.75) is 26.4 Å². The third-order valence-corrected chi connectivity index (χ3v) is 2.54. The molecule has 0 bridgehead atoms. The van der Waals surface area contributed by atoms with Crippen molar-refractivity contribution in [1.29, 1.82) is 0 Å². The SMILES string of the molecule is C=Cc1ccc(C(=O)OC(C)(C)C)cc1.COC(=O)C=CC(=O)OC. The summed E-state index contributed by atoms with van der Waals surface area (Å²) in [4.78, 5) is 32.2. The van der Waals surface area contributed by atoms with Crippen LogP contribution in [0.5, 0.6) is 0 Å². The molecule has 0 unspecified atom stereocenters. The van der Waals surface area contributed by atoms with Crippen LogP contribution < -0.4 is 0 Å². The van der Waals surface area contributed by atoms with Gasteiger partial charge in [-0.05, 0) is 38.5 Å². The maximum absolute atomic E-state index is 11.6. The molecule has 0 heterocycles. The number of hydrogen-bond acceptors (Lipinski definition) is 6. The largest absolute Gasteiger partial charge is 0.466 e. The highest BCUT2D eigenvalue weighted by molar-refractivity contribution is 5.91. The summed E-state index contributed by atoms with van der Waals surface area (Å²) in [6, 6.07) is 7.16. The Morgan fingerprint density at radius 3 is 1.68 bits per heavy atom. The topological polar surface area (TPSA) is 78.9 Å². The normalized spacial score (nSPS) is 10.3. The smallest absolute Gasteiger partial charge is 0.338 e. The van der Waals surface area contributed by atoms with Crippen LogP contribution in [0.1, 0.15) is 36.7 Å². The zero-order valence-electron chi connectivity index (χ0n) is 15.2. The second-order valence-electron chi connectivity index (χ2n) is 5.71. The van der Waals surface area contributed by atoms with Gasteiger partial charge in [-0.3, -0.25) is 0 Å². The Morgan fingerprint density at radius 2 is 1.36 bits per heavy atom. The molecule has 0 aliphatic carbocycles. The van der Waals surface area contributed by atoms with Crippen molar-refractivity contribution in [3.8, 4) is 0 Å². The van der Waals surface area contributed by atoms with Crippen LogP contribution in [-0.4, -0.2) is 37.7 Å². The monoisotopic (exact) mass is 348 g/mol. The van der Waals surface area contributed by atoms with Crippen LogP contribution in [0.25, 0.3) is 6.08 Å². The van der Waals surface area contributed by atoms with E-state index in [1.54, 1.807) is 18.2 Å². The van der Waals surface area contributed by atoms with E-state index in [-0.39, 0.29) is 5.97 Å². The lowest BCUT2D eigenvalue weighted by molar-refractivity contribution is -0.137. The zero-order chi connectivity index (χ0) is 19.5. The molecule has 0 aliphatic rings. The molecule has 0 aliphatic heterocycles. The van der Waals surface area contributed by atoms with Crippen molar-refractivity contribution < 1.29 is 28.6 Å². The van der Waals surface area contributed by atoms with Gasteiger partial charge in [-0.2, -0.15) is 0 Å². The second-order valence-corrected chi connectivity index (χ2v) is 5.71. The highest BCUT2D eigenvalue weighted by Gasteiger charge is 2.17. The van der Waals surface area contributed by atoms with Gasteiger partial charge in [0.15, 0.2) is 0 Å². The Morgan fingerprint density at radius 1 is 0.920 bits per heavy atom. The van der Waals surface area contributed by atoms with E-state index in [1.165, 1.54) is 14.2 Å². The van der Waals surface area contributed by atoms with Crippen molar-refractivity contribution >= 4 is 24.0 Å². The number of carbonyl (C=O) groups is 3. The third kappa shape index (κ3) is 10.5. The molecule has 1 rings (SSSR count). The van der Waals surface area contributed by atoms with Gasteiger partial charge in [-0.15, -0.1) is 0 Å². The summed E-state index contributed by atoms with van der Waals surface area (Å²) < 4.78 is 13.7. The van der Waals surface area contributed by atoms with Crippen molar-refractivity contribution in [3.63, 3.8) is 0 Å². The second kappa shape index (κ2) is 10.8. The molecular formula is C19H24O6. The van der Waals surface area contributed by atoms with Gasteiger partial charge in [0.2, 0.25) is 0 Å². The van der Waals surface area contributed by atoms with Crippen LogP contribution in [0.2, 0.25) is 0 Å². The number of carbonyl (C=O) groups excluding carboxylic acids is 3. The van der Waals surface area contributed by atoms with E-state index in [9.17, 15) is 14.4 Å². The van der Waals surface area contributed by atoms with Crippen molar-refractivity contribution in [2.75, 3.05) is 14.2 Å². The lowest BCUT2D eigenvalue weighted by atomic mass is 10.1. The molecule has 0 atom stereocenters. The molecule has 0 amide bonds. The summed E-state index contributed by atoms with van der Waals surface area (Å²) >= 11 is 0. The fourth-order valence-electron chi connectivity index (χ4n) is 1.36. The Kier molecular flexibility index (Phi) is 9.56. The number of hydrogen-bond donors (Lipinski definition) is 0. The Bertz CT molecular complexity index is 602. The van der Waals surface area contributed by atoms with E-state index in [1.807, 2.05) is 32.9 Å². The van der Waals surface area contributed by atoms with E-state index in [2.05, 4.69) is 16.1 Å². The van der Waals surface area contributed by atoms with Gasteiger partial charge >= 0.3 is 17.9 Å². The van der Waals surface area contributed by atoms with Crippen LogP contribution in [0.4, 0.5) is 0 Å². The minimum atomic E-state index is -0.578. The van der Waals surface area contributed by atoms with E-state index < -0.39 is 17.5 Å². The minimum Gasteiger partial charge on any atom is -0.466 e. The molecule has 0 saturated heterocycles. The molecule has 1 aromatic carbocycles. The lowest BCUT2D eigenvalue weighted by Crippen LogP contribution is -2.23. The predicted octanol–water partition coefficient (Wildman–Crippen LogP) is 3.17. The van der Waals surface area contributed by atoms with E-state index in [0.29, 0.717) is 5.56 Å². The minimum absolute atomic E-state index is 0.293. The highest BCUT2D eigenvalue weighted by atomic mass is 16.6. The predicted molar refractivity (Wildman–Crippen MR) is 94.9 cm³/mol. The maximum Gasteiger partial charge on any atom is 0.338 e. The Labute approximate surface area is 148 Å². The molecule has 136 valence electrons. The summed E-state index contributed by atoms with van der Waals surface area (Å²) in [5.41, 5.74) is 1.10. The summed E-state index contributed by atoms with van der Waals surface area (Å²) in [6.45, 7) is 9.20. The number of rotatable bonds is 4. The lowest BCUT2D eigenvalue weighted by Gasteiger charge is -2.19. The third-order valence-electron chi connectivity index (χ3n) is 2.54. The van der Waals surface area contributed by atoms with Crippen molar-refractivity contribution in [1.82, 2.24) is 0 Å². The fourth-order valence-corrected chi connectivity index (χ4v) is 1.36. The number of ether oxygens (including phenoxy) is 3. The average molecular weight is 348 g/mol. The summed E-state index contributed by atoms with van der Waals surface area (Å²) in [6.07, 6.45) is 3.72. The quantitative estimate of drug-likeness (QED) is 0.472. The molecule has 0 N–H and O–H groups in total. The van der Waals surface area contributed by atoms with E-state index >= 15 is 0 Å². The van der Waals surface area contributed by atoms with Crippen LogP contribution in [0.15, 0.2) is 43.0 Å². The van der Waals surface area contributed by atoms with Gasteiger partial charge in [0, 0.05) is 12.2 Å². The summed E-state index contributed by atoms with van der Waals surface area (Å²) in [5.74, 6) is -1.45. The molecule has 1 aromatic rings. The molecule has 0 radical (unpaired) electrons. The first-order valence-electron chi connectivity index (χ1n) is 7.42. The van der Waals surface area contributed by atoms with Crippen molar-refractivity contribution in [2.24, 2.45) is 0 Å². The molecule has 6 nitrogen and oxygen atoms in total. The fraction of sp³-hybridized carbons (Fsp3) is 0.316. The van der Waals surface area contributed by atoms with E-state index in [0.717, 1.165) is 17.7 Å². The van der Waals surface area contributed by atoms with Gasteiger partial charge < -0.3 is 14.2 Å². The molecule has 0 saturated carbocycles. The average Bonchev–Trinajstić information content (AvgIpc) is 2.58. The zero-order valence-corrected chi connectivity index (χ0v) is 15.2. The van der Waals surface area contributed by atoms with Gasteiger partial charge in [-0.25, -0.2) is 14.4 Å². The van der Waals surface area contributed by atoms with E-state index in [4.69, 9.17) is 4.74 Å². The first-order chi connectivity index (χ1) is 11.6. The molecular weight excluding hydrogens is 324 g/mol. The van der Waals surface area contributed by atoms with Gasteiger partial charge in [-0.1, -0.05) is 24.8 Å². The summed E-state index contributed by atoms with van der Waals surface area (Å²) in [7, 11) is 2.45. The number of benzene rings is 1. The highest BCUT2D eigenvalue weighted by Crippen LogP contribution is 2.13. The molecule has 0 fully saturated rings. The van der Waals surface area contributed by atoms with Gasteiger partial charge in [0.05, 0.1) is 19.8 Å². The molecule has 6 heteroatoms. The van der Waals surface area contributed by atoms with Crippen LogP contribution in [0.3, 0.4) is 0 Å². The van der Waals surface area contributed by atoms with Crippen LogP contribution in [0, 0.1) is 0 Å². The molecule has 0 spiro atoms. The molecule has 0 aromatic heterocycles. The standard InChI is InChI=1S/C13H16O2.C6H8O4/c1-5-10-6-8-11(9-7-10)12(14)15-13(2,3)4;1-9-5(7)3-4-6(8)10-2/h5-9H,1H2,2-4H3;3-4H,1-2H3.